The van der Waals surface area contributed by atoms with E-state index in [1.807, 2.05) is 17.0 Å². The Balaban J connectivity index is 1.25. The maximum Gasteiger partial charge on any atom is 0.419 e. The summed E-state index contributed by atoms with van der Waals surface area (Å²) < 4.78 is 27.6. The van der Waals surface area contributed by atoms with Crippen molar-refractivity contribution in [1.29, 1.82) is 0 Å². The average molecular weight is 555 g/mol. The highest BCUT2D eigenvalue weighted by atomic mass is 16.6. The highest BCUT2D eigenvalue weighted by molar-refractivity contribution is 6.18. The summed E-state index contributed by atoms with van der Waals surface area (Å²) in [6.07, 6.45) is 2.96. The number of aromatic nitrogens is 2. The van der Waals surface area contributed by atoms with Gasteiger partial charge in [0.2, 0.25) is 11.9 Å². The van der Waals surface area contributed by atoms with Crippen molar-refractivity contribution in [1.82, 2.24) is 25.1 Å². The van der Waals surface area contributed by atoms with Crippen LogP contribution in [0.5, 0.6) is 17.2 Å². The number of nitrogens with one attached hydrogen (secondary N) is 2. The molecule has 40 heavy (non-hydrogen) atoms. The zero-order valence-electron chi connectivity index (χ0n) is 22.7. The van der Waals surface area contributed by atoms with Gasteiger partial charge in [-0.2, -0.15) is 0 Å². The van der Waals surface area contributed by atoms with Crippen LogP contribution in [0.2, 0.25) is 0 Å². The zero-order chi connectivity index (χ0) is 27.7. The van der Waals surface area contributed by atoms with Gasteiger partial charge in [0.1, 0.15) is 11.5 Å². The summed E-state index contributed by atoms with van der Waals surface area (Å²) >= 11 is 0. The van der Waals surface area contributed by atoms with E-state index in [1.165, 1.54) is 12.4 Å². The summed E-state index contributed by atoms with van der Waals surface area (Å²) in [7, 11) is 3.19. The van der Waals surface area contributed by atoms with Gasteiger partial charge in [0, 0.05) is 45.4 Å². The number of benzene rings is 1. The molecule has 1 saturated heterocycles. The van der Waals surface area contributed by atoms with Crippen molar-refractivity contribution in [3.05, 3.63) is 30.1 Å². The Morgan fingerprint density at radius 1 is 1.10 bits per heavy atom. The second kappa shape index (κ2) is 13.4. The monoisotopic (exact) mass is 554 g/mol. The third-order valence-electron chi connectivity index (χ3n) is 6.48. The predicted octanol–water partition coefficient (Wildman–Crippen LogP) is 1.50. The fraction of sp³-hybridized carbons (Fsp3) is 0.500. The number of morpholine rings is 1. The molecule has 2 aromatic rings. The highest BCUT2D eigenvalue weighted by Gasteiger charge is 2.33. The Bertz CT molecular complexity index is 1230. The second-order valence-electron chi connectivity index (χ2n) is 9.12. The summed E-state index contributed by atoms with van der Waals surface area (Å²) in [6.45, 7) is 7.12. The Hall–Kier alpha value is -4.01. The number of hydrogen-bond donors (Lipinski definition) is 2. The van der Waals surface area contributed by atoms with E-state index in [0.29, 0.717) is 61.8 Å². The highest BCUT2D eigenvalue weighted by Crippen LogP contribution is 2.43. The fourth-order valence-corrected chi connectivity index (χ4v) is 4.54. The van der Waals surface area contributed by atoms with Crippen LogP contribution in [0.15, 0.2) is 34.5 Å². The Morgan fingerprint density at radius 2 is 1.93 bits per heavy atom. The third-order valence-corrected chi connectivity index (χ3v) is 6.48. The molecule has 4 heterocycles. The molecular weight excluding hydrogens is 520 g/mol. The zero-order valence-corrected chi connectivity index (χ0v) is 22.7. The number of anilines is 1. The second-order valence-corrected chi connectivity index (χ2v) is 9.12. The number of carbonyl (C=O) groups excluding carboxylic acids is 1. The van der Waals surface area contributed by atoms with E-state index < -0.39 is 6.09 Å². The smallest absolute Gasteiger partial charge is 0.419 e. The normalized spacial score (nSPS) is 16.4. The molecule has 0 saturated carbocycles. The van der Waals surface area contributed by atoms with Crippen LogP contribution in [0.1, 0.15) is 12.0 Å². The number of ether oxygens (including phenoxy) is 5. The van der Waals surface area contributed by atoms with Crippen molar-refractivity contribution in [2.75, 3.05) is 85.2 Å². The first-order chi connectivity index (χ1) is 19.7. The Morgan fingerprint density at radius 3 is 2.70 bits per heavy atom. The van der Waals surface area contributed by atoms with Crippen LogP contribution in [0.4, 0.5) is 16.4 Å². The summed E-state index contributed by atoms with van der Waals surface area (Å²) in [5.41, 5.74) is 1.34. The van der Waals surface area contributed by atoms with E-state index in [-0.39, 0.29) is 11.7 Å². The predicted molar refractivity (Wildman–Crippen MR) is 147 cm³/mol. The van der Waals surface area contributed by atoms with Crippen LogP contribution in [-0.2, 0) is 9.47 Å². The minimum atomic E-state index is -0.730. The van der Waals surface area contributed by atoms with Crippen molar-refractivity contribution in [2.45, 2.75) is 6.42 Å². The van der Waals surface area contributed by atoms with Gasteiger partial charge in [0.25, 0.3) is 0 Å². The molecule has 0 radical (unpaired) electrons. The van der Waals surface area contributed by atoms with Crippen LogP contribution in [-0.4, -0.2) is 118 Å². The van der Waals surface area contributed by atoms with Gasteiger partial charge in [0.15, 0.2) is 17.2 Å². The molecule has 5 rings (SSSR count). The maximum atomic E-state index is 12.8. The van der Waals surface area contributed by atoms with Gasteiger partial charge < -0.3 is 29.0 Å². The molecule has 0 bridgehead atoms. The van der Waals surface area contributed by atoms with Crippen molar-refractivity contribution in [2.24, 2.45) is 9.98 Å². The summed E-state index contributed by atoms with van der Waals surface area (Å²) in [5.74, 6) is 2.64. The molecule has 0 atom stereocenters. The minimum Gasteiger partial charge on any atom is -0.491 e. The third kappa shape index (κ3) is 6.58. The van der Waals surface area contributed by atoms with E-state index in [9.17, 15) is 4.79 Å². The van der Waals surface area contributed by atoms with Gasteiger partial charge in [-0.05, 0) is 18.6 Å². The number of nitrogens with zero attached hydrogens (tertiary/aromatic N) is 6. The van der Waals surface area contributed by atoms with Crippen molar-refractivity contribution >= 4 is 29.5 Å². The van der Waals surface area contributed by atoms with Gasteiger partial charge in [-0.3, -0.25) is 20.1 Å². The lowest BCUT2D eigenvalue weighted by Gasteiger charge is -2.28. The van der Waals surface area contributed by atoms with Gasteiger partial charge >= 0.3 is 6.09 Å². The maximum absolute atomic E-state index is 12.8. The molecule has 1 aromatic heterocycles. The van der Waals surface area contributed by atoms with Gasteiger partial charge in [-0.1, -0.05) is 0 Å². The number of aliphatic imine (C=N–C) groups is 2. The number of fused-ring (bicyclic) bond motifs is 3. The fourth-order valence-electron chi connectivity index (χ4n) is 4.54. The molecule has 3 aliphatic heterocycles. The first-order valence-electron chi connectivity index (χ1n) is 13.2. The lowest BCUT2D eigenvalue weighted by molar-refractivity contribution is 0.0357. The van der Waals surface area contributed by atoms with Gasteiger partial charge in [0.05, 0.1) is 52.5 Å². The number of rotatable bonds is 11. The van der Waals surface area contributed by atoms with E-state index in [0.717, 1.165) is 44.8 Å². The molecule has 1 aromatic carbocycles. The molecule has 1 amide bonds. The SMILES string of the molecule is COCCNc1ncc(OC(=O)NC2=Nc3c(ccc(OCCCN4CCOCC4)c3OC)C3=NCCN23)cn1. The lowest BCUT2D eigenvalue weighted by Crippen LogP contribution is -2.48. The van der Waals surface area contributed by atoms with E-state index in [1.54, 1.807) is 14.2 Å². The first-order valence-corrected chi connectivity index (χ1v) is 13.2. The number of guanidine groups is 1. The van der Waals surface area contributed by atoms with Crippen LogP contribution in [0, 0.1) is 0 Å². The van der Waals surface area contributed by atoms with Crippen molar-refractivity contribution in [3.63, 3.8) is 0 Å². The molecular formula is C26H34N8O6. The first kappa shape index (κ1) is 27.6. The summed E-state index contributed by atoms with van der Waals surface area (Å²) in [6, 6.07) is 3.80. The van der Waals surface area contributed by atoms with Crippen LogP contribution >= 0.6 is 0 Å². The lowest BCUT2D eigenvalue weighted by atomic mass is 10.1. The number of hydrogen-bond acceptors (Lipinski definition) is 13. The number of amidine groups is 1. The van der Waals surface area contributed by atoms with Crippen LogP contribution in [0.3, 0.4) is 0 Å². The summed E-state index contributed by atoms with van der Waals surface area (Å²) in [5, 5.41) is 5.73. The largest absolute Gasteiger partial charge is 0.491 e. The van der Waals surface area contributed by atoms with Crippen LogP contribution in [0.25, 0.3) is 0 Å². The molecule has 0 aliphatic carbocycles. The summed E-state index contributed by atoms with van der Waals surface area (Å²) in [4.78, 5) is 34.6. The quantitative estimate of drug-likeness (QED) is 0.390. The van der Waals surface area contributed by atoms with Crippen LogP contribution < -0.4 is 24.8 Å². The van der Waals surface area contributed by atoms with Gasteiger partial charge in [-0.25, -0.2) is 19.8 Å². The van der Waals surface area contributed by atoms with E-state index in [4.69, 9.17) is 28.7 Å². The molecule has 14 heteroatoms. The van der Waals surface area contributed by atoms with E-state index >= 15 is 0 Å². The number of methoxy groups -OCH3 is 2. The number of carbonyl (C=O) groups is 1. The molecule has 3 aliphatic rings. The van der Waals surface area contributed by atoms with Crippen molar-refractivity contribution < 1.29 is 28.5 Å². The molecule has 214 valence electrons. The number of amides is 1. The minimum absolute atomic E-state index is 0.187. The molecule has 14 nitrogen and oxygen atoms in total. The molecule has 0 unspecified atom stereocenters. The molecule has 0 spiro atoms. The molecule has 1 fully saturated rings. The molecule has 2 N–H and O–H groups in total. The van der Waals surface area contributed by atoms with Gasteiger partial charge in [-0.15, -0.1) is 0 Å². The Kier molecular flexibility index (Phi) is 9.21. The average Bonchev–Trinajstić information content (AvgIpc) is 3.47. The Labute approximate surface area is 232 Å². The standard InChI is InChI=1S/C26H34N8O6/c1-36-13-7-28-24-29-16-18(17-30-24)40-26(35)32-25-31-21-19(23-27-6-9-34(23)25)4-5-20(22(21)37-2)39-12-3-8-33-10-14-38-15-11-33/h4-5,16-17H,3,6-15H2,1-2H3,(H,28,29,30)(H,31,32,35). The van der Waals surface area contributed by atoms with Crippen molar-refractivity contribution in [3.8, 4) is 17.2 Å². The van der Waals surface area contributed by atoms with E-state index in [2.05, 4.69) is 30.5 Å². The topological polar surface area (TPSA) is 144 Å².